The molecule has 4 heteroatoms. The number of methoxy groups -OCH3 is 1. The second-order valence-corrected chi connectivity index (χ2v) is 3.50. The average Bonchev–Trinajstić information content (AvgIpc) is 2.58. The van der Waals surface area contributed by atoms with Gasteiger partial charge in [-0.3, -0.25) is 0 Å². The van der Waals surface area contributed by atoms with Crippen LogP contribution in [0.15, 0.2) is 6.07 Å². The lowest BCUT2D eigenvalue weighted by Gasteiger charge is -2.04. The van der Waals surface area contributed by atoms with E-state index >= 15 is 0 Å². The minimum Gasteiger partial charge on any atom is -0.491 e. The van der Waals surface area contributed by atoms with Gasteiger partial charge in [-0.05, 0) is 19.4 Å². The van der Waals surface area contributed by atoms with Crippen molar-refractivity contribution in [2.45, 2.75) is 27.7 Å². The van der Waals surface area contributed by atoms with Crippen molar-refractivity contribution < 1.29 is 13.5 Å². The number of fused-ring (bicyclic) bond motifs is 1. The fourth-order valence-electron chi connectivity index (χ4n) is 1.74. The number of aryl methyl sites for hydroxylation is 2. The van der Waals surface area contributed by atoms with E-state index in [1.807, 2.05) is 20.8 Å². The first-order valence-electron chi connectivity index (χ1n) is 5.57. The Morgan fingerprint density at radius 3 is 2.29 bits per heavy atom. The standard InChI is InChI=1S/C11H11F2NO.C2H6/c1-5-6(2)14-8-4-7(12)11(15-3)10(13)9(5)8;1-2/h4,14H,1-3H3;1-2H3. The number of rotatable bonds is 1. The molecular weight excluding hydrogens is 224 g/mol. The van der Waals surface area contributed by atoms with Gasteiger partial charge in [0.2, 0.25) is 0 Å². The molecule has 0 unspecified atom stereocenters. The van der Waals surface area contributed by atoms with E-state index in [-0.39, 0.29) is 5.75 Å². The molecule has 1 aromatic heterocycles. The molecule has 1 aromatic carbocycles. The van der Waals surface area contributed by atoms with Crippen molar-refractivity contribution in [3.8, 4) is 5.75 Å². The van der Waals surface area contributed by atoms with Crippen LogP contribution >= 0.6 is 0 Å². The highest BCUT2D eigenvalue weighted by Gasteiger charge is 2.18. The smallest absolute Gasteiger partial charge is 0.191 e. The molecule has 0 radical (unpaired) electrons. The first-order valence-corrected chi connectivity index (χ1v) is 5.57. The van der Waals surface area contributed by atoms with E-state index in [4.69, 9.17) is 0 Å². The molecule has 0 spiro atoms. The van der Waals surface area contributed by atoms with E-state index in [9.17, 15) is 8.78 Å². The molecule has 0 saturated heterocycles. The van der Waals surface area contributed by atoms with Crippen LogP contribution in [0.4, 0.5) is 8.78 Å². The number of halogens is 2. The van der Waals surface area contributed by atoms with Crippen LogP contribution in [0.2, 0.25) is 0 Å². The van der Waals surface area contributed by atoms with Gasteiger partial charge in [0, 0.05) is 17.1 Å². The molecule has 1 heterocycles. The highest BCUT2D eigenvalue weighted by Crippen LogP contribution is 2.32. The number of hydrogen-bond donors (Lipinski definition) is 1. The number of ether oxygens (including phenoxy) is 1. The van der Waals surface area contributed by atoms with Crippen molar-refractivity contribution in [1.82, 2.24) is 4.98 Å². The molecule has 2 rings (SSSR count). The number of nitrogens with one attached hydrogen (secondary N) is 1. The van der Waals surface area contributed by atoms with Crippen molar-refractivity contribution in [1.29, 1.82) is 0 Å². The second kappa shape index (κ2) is 5.17. The molecule has 1 N–H and O–H groups in total. The Morgan fingerprint density at radius 2 is 1.76 bits per heavy atom. The minimum atomic E-state index is -0.691. The Hall–Kier alpha value is -1.58. The van der Waals surface area contributed by atoms with E-state index in [0.29, 0.717) is 10.9 Å². The van der Waals surface area contributed by atoms with Gasteiger partial charge in [0.25, 0.3) is 0 Å². The summed E-state index contributed by atoms with van der Waals surface area (Å²) in [4.78, 5) is 2.92. The van der Waals surface area contributed by atoms with Crippen LogP contribution in [0, 0.1) is 25.5 Å². The van der Waals surface area contributed by atoms with E-state index in [0.717, 1.165) is 11.3 Å². The van der Waals surface area contributed by atoms with Crippen LogP contribution < -0.4 is 4.74 Å². The van der Waals surface area contributed by atoms with Gasteiger partial charge in [-0.1, -0.05) is 13.8 Å². The molecule has 0 atom stereocenters. The third-order valence-corrected chi connectivity index (χ3v) is 2.64. The molecule has 2 nitrogen and oxygen atoms in total. The maximum absolute atomic E-state index is 13.8. The largest absolute Gasteiger partial charge is 0.491 e. The first kappa shape index (κ1) is 13.5. The Balaban J connectivity index is 0.000000686. The van der Waals surface area contributed by atoms with Gasteiger partial charge in [-0.15, -0.1) is 0 Å². The monoisotopic (exact) mass is 241 g/mol. The van der Waals surface area contributed by atoms with E-state index < -0.39 is 11.6 Å². The lowest BCUT2D eigenvalue weighted by molar-refractivity contribution is 0.362. The Morgan fingerprint density at radius 1 is 1.18 bits per heavy atom. The molecule has 2 aromatic rings. The SMILES string of the molecule is CC.COc1c(F)cc2[nH]c(C)c(C)c2c1F. The fraction of sp³-hybridized carbons (Fsp3) is 0.385. The van der Waals surface area contributed by atoms with E-state index in [1.54, 1.807) is 6.92 Å². The van der Waals surface area contributed by atoms with Gasteiger partial charge >= 0.3 is 0 Å². The average molecular weight is 241 g/mol. The molecule has 0 aliphatic rings. The summed E-state index contributed by atoms with van der Waals surface area (Å²) in [5.41, 5.74) is 2.07. The van der Waals surface area contributed by atoms with E-state index in [2.05, 4.69) is 9.72 Å². The van der Waals surface area contributed by atoms with Gasteiger partial charge in [-0.2, -0.15) is 0 Å². The zero-order chi connectivity index (χ0) is 13.2. The van der Waals surface area contributed by atoms with Gasteiger partial charge in [0.05, 0.1) is 12.6 Å². The van der Waals surface area contributed by atoms with Crippen molar-refractivity contribution in [2.75, 3.05) is 7.11 Å². The normalized spacial score (nSPS) is 10.1. The highest BCUT2D eigenvalue weighted by molar-refractivity contribution is 5.86. The van der Waals surface area contributed by atoms with Crippen LogP contribution in [0.25, 0.3) is 10.9 Å². The van der Waals surface area contributed by atoms with Crippen molar-refractivity contribution in [2.24, 2.45) is 0 Å². The summed E-state index contributed by atoms with van der Waals surface area (Å²) in [6.45, 7) is 7.60. The lowest BCUT2D eigenvalue weighted by Crippen LogP contribution is -1.93. The van der Waals surface area contributed by atoms with Crippen LogP contribution in [0.5, 0.6) is 5.75 Å². The second-order valence-electron chi connectivity index (χ2n) is 3.50. The Kier molecular flexibility index (Phi) is 4.10. The molecule has 0 fully saturated rings. The van der Waals surface area contributed by atoms with Gasteiger partial charge in [-0.25, -0.2) is 8.78 Å². The van der Waals surface area contributed by atoms with Gasteiger partial charge in [0.15, 0.2) is 17.4 Å². The summed E-state index contributed by atoms with van der Waals surface area (Å²) in [5.74, 6) is -1.66. The number of aromatic amines is 1. The Bertz CT molecular complexity index is 532. The van der Waals surface area contributed by atoms with Crippen molar-refractivity contribution in [3.63, 3.8) is 0 Å². The lowest BCUT2D eigenvalue weighted by atomic mass is 10.1. The predicted octanol–water partition coefficient (Wildman–Crippen LogP) is 4.10. The maximum atomic E-state index is 13.8. The molecule has 0 aliphatic heterocycles. The molecule has 0 saturated carbocycles. The summed E-state index contributed by atoms with van der Waals surface area (Å²) in [6, 6.07) is 1.25. The zero-order valence-electron chi connectivity index (χ0n) is 10.7. The van der Waals surface area contributed by atoms with Crippen LogP contribution in [0.1, 0.15) is 25.1 Å². The zero-order valence-corrected chi connectivity index (χ0v) is 10.7. The number of hydrogen-bond acceptors (Lipinski definition) is 1. The number of H-pyrrole nitrogens is 1. The highest BCUT2D eigenvalue weighted by atomic mass is 19.1. The molecule has 0 aliphatic carbocycles. The topological polar surface area (TPSA) is 25.0 Å². The predicted molar refractivity (Wildman–Crippen MR) is 65.6 cm³/mol. The van der Waals surface area contributed by atoms with Crippen LogP contribution in [-0.2, 0) is 0 Å². The third-order valence-electron chi connectivity index (χ3n) is 2.64. The summed E-state index contributed by atoms with van der Waals surface area (Å²) < 4.78 is 31.8. The van der Waals surface area contributed by atoms with Crippen LogP contribution in [-0.4, -0.2) is 12.1 Å². The van der Waals surface area contributed by atoms with Gasteiger partial charge < -0.3 is 9.72 Å². The first-order chi connectivity index (χ1) is 8.06. The fourth-order valence-corrected chi connectivity index (χ4v) is 1.74. The molecule has 0 amide bonds. The summed E-state index contributed by atoms with van der Waals surface area (Å²) in [6.07, 6.45) is 0. The number of aromatic nitrogens is 1. The quantitative estimate of drug-likeness (QED) is 0.799. The minimum absolute atomic E-state index is 0.329. The summed E-state index contributed by atoms with van der Waals surface area (Å²) in [5, 5.41) is 0.394. The van der Waals surface area contributed by atoms with E-state index in [1.165, 1.54) is 13.2 Å². The molecule has 0 bridgehead atoms. The maximum Gasteiger partial charge on any atom is 0.191 e. The molecule has 94 valence electrons. The van der Waals surface area contributed by atoms with Crippen molar-refractivity contribution in [3.05, 3.63) is 29.0 Å². The molecule has 17 heavy (non-hydrogen) atoms. The summed E-state index contributed by atoms with van der Waals surface area (Å²) in [7, 11) is 1.25. The third kappa shape index (κ3) is 2.12. The van der Waals surface area contributed by atoms with Crippen molar-refractivity contribution >= 4 is 10.9 Å². The summed E-state index contributed by atoms with van der Waals surface area (Å²) >= 11 is 0. The Labute approximate surface area is 99.6 Å². The molecular formula is C13H17F2NO. The number of benzene rings is 1. The van der Waals surface area contributed by atoms with Crippen LogP contribution in [0.3, 0.4) is 0 Å². The van der Waals surface area contributed by atoms with Gasteiger partial charge in [0.1, 0.15) is 0 Å².